The van der Waals surface area contributed by atoms with Gasteiger partial charge in [-0.1, -0.05) is 11.6 Å². The van der Waals surface area contributed by atoms with Crippen LogP contribution in [0.2, 0.25) is 5.02 Å². The van der Waals surface area contributed by atoms with Crippen LogP contribution in [0.5, 0.6) is 5.75 Å². The van der Waals surface area contributed by atoms with Gasteiger partial charge in [-0.15, -0.1) is 0 Å². The number of methoxy groups -OCH3 is 1. The average molecular weight is 345 g/mol. The molecule has 0 aliphatic carbocycles. The highest BCUT2D eigenvalue weighted by Gasteiger charge is 2.15. The Morgan fingerprint density at radius 1 is 1.42 bits per heavy atom. The van der Waals surface area contributed by atoms with E-state index in [0.29, 0.717) is 27.4 Å². The number of ether oxygens (including phenoxy) is 2. The number of esters is 1. The van der Waals surface area contributed by atoms with Crippen LogP contribution in [-0.2, 0) is 4.74 Å². The molecule has 0 radical (unpaired) electrons. The zero-order valence-corrected chi connectivity index (χ0v) is 12.7. The van der Waals surface area contributed by atoms with E-state index in [2.05, 4.69) is 25.7 Å². The second kappa shape index (κ2) is 5.75. The molecule has 0 saturated carbocycles. The van der Waals surface area contributed by atoms with Gasteiger partial charge in [-0.3, -0.25) is 0 Å². The number of hydrogen-bond donors (Lipinski definition) is 0. The van der Waals surface area contributed by atoms with E-state index in [0.717, 1.165) is 5.39 Å². The molecule has 0 atom stereocenters. The second-order valence-corrected chi connectivity index (χ2v) is 5.00. The minimum absolute atomic E-state index is 0.196. The Morgan fingerprint density at radius 2 is 2.16 bits per heavy atom. The summed E-state index contributed by atoms with van der Waals surface area (Å²) in [6, 6.07) is 5.02. The minimum Gasteiger partial charge on any atom is -0.493 e. The molecule has 1 aromatic heterocycles. The van der Waals surface area contributed by atoms with Crippen LogP contribution in [-0.4, -0.2) is 24.7 Å². The number of fused-ring (bicyclic) bond motifs is 1. The standard InChI is InChI=1S/C13H11BrClNO3/c1-3-19-11-6-10(13(17)18-2)16-12-8(11)4-7(15)5-9(12)14/h4-6H,3H2,1-2H3. The maximum absolute atomic E-state index is 11.6. The van der Waals surface area contributed by atoms with Gasteiger partial charge < -0.3 is 9.47 Å². The molecular formula is C13H11BrClNO3. The average Bonchev–Trinajstić information content (AvgIpc) is 2.38. The number of aromatic nitrogens is 1. The molecule has 0 N–H and O–H groups in total. The van der Waals surface area contributed by atoms with E-state index >= 15 is 0 Å². The number of nitrogens with zero attached hydrogens (tertiary/aromatic N) is 1. The summed E-state index contributed by atoms with van der Waals surface area (Å²) in [4.78, 5) is 15.9. The van der Waals surface area contributed by atoms with Crippen molar-refractivity contribution < 1.29 is 14.3 Å². The Morgan fingerprint density at radius 3 is 2.79 bits per heavy atom. The fourth-order valence-corrected chi connectivity index (χ4v) is 2.61. The Labute approximate surface area is 123 Å². The summed E-state index contributed by atoms with van der Waals surface area (Å²) in [7, 11) is 1.31. The molecule has 0 bridgehead atoms. The van der Waals surface area contributed by atoms with E-state index in [9.17, 15) is 4.79 Å². The summed E-state index contributed by atoms with van der Waals surface area (Å²) >= 11 is 9.40. The highest BCUT2D eigenvalue weighted by molar-refractivity contribution is 9.10. The molecule has 0 aliphatic heterocycles. The number of hydrogen-bond acceptors (Lipinski definition) is 4. The molecule has 0 aliphatic rings. The third-order valence-electron chi connectivity index (χ3n) is 2.49. The van der Waals surface area contributed by atoms with Gasteiger partial charge in [0, 0.05) is 20.9 Å². The van der Waals surface area contributed by atoms with Crippen molar-refractivity contribution in [2.45, 2.75) is 6.92 Å². The first-order valence-corrected chi connectivity index (χ1v) is 6.74. The molecule has 0 spiro atoms. The van der Waals surface area contributed by atoms with E-state index < -0.39 is 5.97 Å². The maximum Gasteiger partial charge on any atom is 0.356 e. The smallest absolute Gasteiger partial charge is 0.356 e. The van der Waals surface area contributed by atoms with Gasteiger partial charge in [0.25, 0.3) is 0 Å². The van der Waals surface area contributed by atoms with Crippen LogP contribution in [0.15, 0.2) is 22.7 Å². The maximum atomic E-state index is 11.6. The zero-order chi connectivity index (χ0) is 14.0. The Bertz CT molecular complexity index is 645. The fraction of sp³-hybridized carbons (Fsp3) is 0.231. The molecule has 1 aromatic carbocycles. The van der Waals surface area contributed by atoms with Crippen LogP contribution in [0.4, 0.5) is 0 Å². The molecule has 0 unspecified atom stereocenters. The molecule has 4 nitrogen and oxygen atoms in total. The molecule has 0 amide bonds. The number of pyridine rings is 1. The van der Waals surface area contributed by atoms with Gasteiger partial charge in [-0.25, -0.2) is 9.78 Å². The van der Waals surface area contributed by atoms with Gasteiger partial charge in [0.05, 0.1) is 19.2 Å². The summed E-state index contributed by atoms with van der Waals surface area (Å²) in [6.45, 7) is 2.34. The van der Waals surface area contributed by atoms with E-state index in [1.54, 1.807) is 18.2 Å². The Hall–Kier alpha value is -1.33. The van der Waals surface area contributed by atoms with Crippen LogP contribution in [0.25, 0.3) is 10.9 Å². The van der Waals surface area contributed by atoms with Gasteiger partial charge in [0.1, 0.15) is 5.75 Å². The molecule has 6 heteroatoms. The molecule has 1 heterocycles. The number of benzene rings is 1. The normalized spacial score (nSPS) is 10.5. The van der Waals surface area contributed by atoms with Crippen molar-refractivity contribution in [1.82, 2.24) is 4.98 Å². The third-order valence-corrected chi connectivity index (χ3v) is 3.31. The highest BCUT2D eigenvalue weighted by Crippen LogP contribution is 2.33. The minimum atomic E-state index is -0.510. The van der Waals surface area contributed by atoms with E-state index in [1.807, 2.05) is 6.92 Å². The number of carbonyl (C=O) groups is 1. The summed E-state index contributed by atoms with van der Waals surface area (Å²) in [6.07, 6.45) is 0. The van der Waals surface area contributed by atoms with Crippen molar-refractivity contribution in [2.75, 3.05) is 13.7 Å². The lowest BCUT2D eigenvalue weighted by Crippen LogP contribution is -2.06. The van der Waals surface area contributed by atoms with E-state index in [1.165, 1.54) is 7.11 Å². The molecular weight excluding hydrogens is 334 g/mol. The quantitative estimate of drug-likeness (QED) is 0.794. The predicted octanol–water partition coefficient (Wildman–Crippen LogP) is 3.84. The van der Waals surface area contributed by atoms with Crippen LogP contribution < -0.4 is 4.74 Å². The van der Waals surface area contributed by atoms with Crippen LogP contribution in [0.3, 0.4) is 0 Å². The molecule has 0 fully saturated rings. The molecule has 2 rings (SSSR count). The Kier molecular flexibility index (Phi) is 4.27. The summed E-state index contributed by atoms with van der Waals surface area (Å²) in [5.41, 5.74) is 0.803. The Balaban J connectivity index is 2.75. The van der Waals surface area contributed by atoms with E-state index in [-0.39, 0.29) is 5.69 Å². The molecule has 2 aromatic rings. The fourth-order valence-electron chi connectivity index (χ4n) is 1.71. The first kappa shape index (κ1) is 14.1. The first-order chi connectivity index (χ1) is 9.06. The van der Waals surface area contributed by atoms with Gasteiger partial charge in [-0.05, 0) is 35.0 Å². The topological polar surface area (TPSA) is 48.4 Å². The van der Waals surface area contributed by atoms with Gasteiger partial charge in [-0.2, -0.15) is 0 Å². The summed E-state index contributed by atoms with van der Waals surface area (Å²) in [5, 5.41) is 1.31. The zero-order valence-electron chi connectivity index (χ0n) is 10.4. The van der Waals surface area contributed by atoms with Crippen molar-refractivity contribution in [1.29, 1.82) is 0 Å². The highest BCUT2D eigenvalue weighted by atomic mass is 79.9. The third kappa shape index (κ3) is 2.82. The molecule has 100 valence electrons. The van der Waals surface area contributed by atoms with Crippen molar-refractivity contribution in [3.63, 3.8) is 0 Å². The van der Waals surface area contributed by atoms with Crippen molar-refractivity contribution in [3.05, 3.63) is 33.4 Å². The van der Waals surface area contributed by atoms with Gasteiger partial charge >= 0.3 is 5.97 Å². The number of halogens is 2. The summed E-state index contributed by atoms with van der Waals surface area (Å²) < 4.78 is 10.9. The lowest BCUT2D eigenvalue weighted by Gasteiger charge is -2.10. The molecule has 0 saturated heterocycles. The predicted molar refractivity (Wildman–Crippen MR) is 77.0 cm³/mol. The van der Waals surface area contributed by atoms with Crippen molar-refractivity contribution in [3.8, 4) is 5.75 Å². The molecule has 19 heavy (non-hydrogen) atoms. The van der Waals surface area contributed by atoms with Crippen LogP contribution in [0, 0.1) is 0 Å². The monoisotopic (exact) mass is 343 g/mol. The lowest BCUT2D eigenvalue weighted by molar-refractivity contribution is 0.0594. The van der Waals surface area contributed by atoms with Crippen molar-refractivity contribution >= 4 is 44.4 Å². The van der Waals surface area contributed by atoms with E-state index in [4.69, 9.17) is 16.3 Å². The summed E-state index contributed by atoms with van der Waals surface area (Å²) in [5.74, 6) is 0.0424. The number of rotatable bonds is 3. The van der Waals surface area contributed by atoms with Gasteiger partial charge in [0.15, 0.2) is 5.69 Å². The lowest BCUT2D eigenvalue weighted by atomic mass is 10.2. The first-order valence-electron chi connectivity index (χ1n) is 5.57. The van der Waals surface area contributed by atoms with Crippen LogP contribution >= 0.6 is 27.5 Å². The number of carbonyl (C=O) groups excluding carboxylic acids is 1. The van der Waals surface area contributed by atoms with Gasteiger partial charge in [0.2, 0.25) is 0 Å². The van der Waals surface area contributed by atoms with Crippen molar-refractivity contribution in [2.24, 2.45) is 0 Å². The van der Waals surface area contributed by atoms with Crippen LogP contribution in [0.1, 0.15) is 17.4 Å². The largest absolute Gasteiger partial charge is 0.493 e. The second-order valence-electron chi connectivity index (χ2n) is 3.71. The SMILES string of the molecule is CCOc1cc(C(=O)OC)nc2c(Br)cc(Cl)cc12.